The molecule has 3 rings (SSSR count). The first kappa shape index (κ1) is 19.4. The molecule has 3 aromatic heterocycles. The minimum Gasteiger partial charge on any atom is -0.310 e. The lowest BCUT2D eigenvalue weighted by Crippen LogP contribution is -2.14. The van der Waals surface area contributed by atoms with Crippen LogP contribution in [0.4, 0.5) is 13.2 Å². The average Bonchev–Trinajstić information content (AvgIpc) is 2.99. The molecule has 0 aromatic carbocycles. The van der Waals surface area contributed by atoms with Gasteiger partial charge in [0.05, 0.1) is 16.8 Å². The Kier molecular flexibility index (Phi) is 5.00. The van der Waals surface area contributed by atoms with E-state index < -0.39 is 22.5 Å². The Morgan fingerprint density at radius 2 is 2.04 bits per heavy atom. The highest BCUT2D eigenvalue weighted by molar-refractivity contribution is 6.34. The molecule has 0 aliphatic carbocycles. The van der Waals surface area contributed by atoms with Crippen LogP contribution in [0.2, 0.25) is 10.2 Å². The van der Waals surface area contributed by atoms with E-state index in [1.54, 1.807) is 0 Å². The maximum atomic E-state index is 12.9. The Morgan fingerprint density at radius 1 is 1.33 bits per heavy atom. The first-order chi connectivity index (χ1) is 12.6. The van der Waals surface area contributed by atoms with Crippen LogP contribution in [0.15, 0.2) is 28.7 Å². The minimum atomic E-state index is -4.70. The van der Waals surface area contributed by atoms with Gasteiger partial charge in [0.1, 0.15) is 16.4 Å². The molecule has 0 spiro atoms. The molecule has 0 bridgehead atoms. The van der Waals surface area contributed by atoms with Crippen molar-refractivity contribution in [3.8, 4) is 5.82 Å². The van der Waals surface area contributed by atoms with Gasteiger partial charge in [0.15, 0.2) is 11.5 Å². The molecule has 1 N–H and O–H groups in total. The van der Waals surface area contributed by atoms with E-state index in [4.69, 9.17) is 23.2 Å². The van der Waals surface area contributed by atoms with E-state index in [-0.39, 0.29) is 21.9 Å². The summed E-state index contributed by atoms with van der Waals surface area (Å²) < 4.78 is 39.9. The van der Waals surface area contributed by atoms with Crippen LogP contribution in [-0.4, -0.2) is 24.7 Å². The molecule has 0 atom stereocenters. The third kappa shape index (κ3) is 3.70. The van der Waals surface area contributed by atoms with Crippen LogP contribution >= 0.6 is 23.2 Å². The van der Waals surface area contributed by atoms with Crippen LogP contribution in [0.5, 0.6) is 0 Å². The molecule has 0 aliphatic rings. The highest BCUT2D eigenvalue weighted by Gasteiger charge is 2.35. The van der Waals surface area contributed by atoms with Crippen LogP contribution in [0.3, 0.4) is 0 Å². The first-order valence-corrected chi connectivity index (χ1v) is 8.39. The van der Waals surface area contributed by atoms with Crippen LogP contribution in [0, 0.1) is 0 Å². The fourth-order valence-corrected chi connectivity index (χ4v) is 2.85. The molecule has 3 aromatic rings. The largest absolute Gasteiger partial charge is 0.419 e. The smallest absolute Gasteiger partial charge is 0.310 e. The Labute approximate surface area is 160 Å². The lowest BCUT2D eigenvalue weighted by molar-refractivity contribution is -0.137. The number of nitrogens with one attached hydrogen (secondary N) is 1. The fraction of sp³-hybridized carbons (Fsp3) is 0.250. The van der Waals surface area contributed by atoms with Gasteiger partial charge in [0, 0.05) is 6.42 Å². The van der Waals surface area contributed by atoms with Crippen molar-refractivity contribution in [2.45, 2.75) is 26.4 Å². The van der Waals surface area contributed by atoms with Crippen LogP contribution in [-0.2, 0) is 12.6 Å². The van der Waals surface area contributed by atoms with Crippen LogP contribution < -0.4 is 5.56 Å². The monoisotopic (exact) mass is 417 g/mol. The van der Waals surface area contributed by atoms with Crippen LogP contribution in [0.1, 0.15) is 25.2 Å². The summed E-state index contributed by atoms with van der Waals surface area (Å²) in [6.45, 7) is 3.72. The lowest BCUT2D eigenvalue weighted by Gasteiger charge is -2.11. The Morgan fingerprint density at radius 3 is 2.67 bits per heavy atom. The van der Waals surface area contributed by atoms with Gasteiger partial charge in [-0.25, -0.2) is 9.97 Å². The Balaban J connectivity index is 2.21. The molecule has 0 amide bonds. The summed E-state index contributed by atoms with van der Waals surface area (Å²) in [5.74, 6) is 0.218. The topological polar surface area (TPSA) is 76.5 Å². The number of alkyl halides is 3. The van der Waals surface area contributed by atoms with Gasteiger partial charge in [0.2, 0.25) is 0 Å². The number of allylic oxidation sites excluding steroid dienone is 2. The van der Waals surface area contributed by atoms with E-state index in [9.17, 15) is 18.0 Å². The summed E-state index contributed by atoms with van der Waals surface area (Å²) in [6.07, 6.45) is -1.21. The zero-order chi connectivity index (χ0) is 19.9. The van der Waals surface area contributed by atoms with E-state index in [2.05, 4.69) is 20.1 Å². The molecule has 0 radical (unpaired) electrons. The maximum Gasteiger partial charge on any atom is 0.419 e. The molecule has 0 saturated carbocycles. The predicted molar refractivity (Wildman–Crippen MR) is 95.4 cm³/mol. The molecule has 3 heterocycles. The van der Waals surface area contributed by atoms with E-state index >= 15 is 0 Å². The fourth-order valence-electron chi connectivity index (χ4n) is 2.37. The van der Waals surface area contributed by atoms with Crippen molar-refractivity contribution in [1.29, 1.82) is 0 Å². The van der Waals surface area contributed by atoms with Gasteiger partial charge >= 0.3 is 6.18 Å². The van der Waals surface area contributed by atoms with E-state index in [1.807, 2.05) is 19.9 Å². The van der Waals surface area contributed by atoms with Gasteiger partial charge in [0.25, 0.3) is 5.56 Å². The summed E-state index contributed by atoms with van der Waals surface area (Å²) >= 11 is 11.7. The summed E-state index contributed by atoms with van der Waals surface area (Å²) in [4.78, 5) is 23.0. The van der Waals surface area contributed by atoms with Crippen molar-refractivity contribution >= 4 is 34.2 Å². The number of hydrogen-bond acceptors (Lipinski definition) is 4. The maximum absolute atomic E-state index is 12.9. The number of H-pyrrole nitrogens is 1. The van der Waals surface area contributed by atoms with E-state index in [0.29, 0.717) is 18.3 Å². The molecule has 0 aliphatic heterocycles. The van der Waals surface area contributed by atoms with Crippen molar-refractivity contribution in [1.82, 2.24) is 24.7 Å². The van der Waals surface area contributed by atoms with Gasteiger partial charge in [-0.05, 0) is 19.9 Å². The normalized spacial score (nSPS) is 12.8. The standard InChI is InChI=1S/C16H12Cl2F3N5O/c1-3-7(2)4-11-23-13-8(15(27)24-11)6-22-26(13)14-10(17)5-9(12(18)25-14)16(19,20)21/h3,5-6H,4H2,1-2H3,(H,23,24,27)/b7-3+. The molecule has 27 heavy (non-hydrogen) atoms. The number of aromatic nitrogens is 5. The predicted octanol–water partition coefficient (Wildman–Crippen LogP) is 4.34. The van der Waals surface area contributed by atoms with Gasteiger partial charge < -0.3 is 4.98 Å². The molecule has 0 fully saturated rings. The highest BCUT2D eigenvalue weighted by atomic mass is 35.5. The quantitative estimate of drug-likeness (QED) is 0.507. The van der Waals surface area contributed by atoms with Crippen molar-refractivity contribution in [2.24, 2.45) is 0 Å². The summed E-state index contributed by atoms with van der Waals surface area (Å²) in [6, 6.07) is 0.664. The number of hydrogen-bond donors (Lipinski definition) is 1. The van der Waals surface area contributed by atoms with E-state index in [1.165, 1.54) is 6.20 Å². The minimum absolute atomic E-state index is 0.114. The SMILES string of the molecule is C/C=C(\C)Cc1nc2c(cnn2-c2nc(Cl)c(C(F)(F)F)cc2Cl)c(=O)[nH]1. The summed E-state index contributed by atoms with van der Waals surface area (Å²) in [5, 5.41) is 3.03. The number of aromatic amines is 1. The number of rotatable bonds is 3. The zero-order valence-electron chi connectivity index (χ0n) is 14.0. The molecular formula is C16H12Cl2F3N5O. The molecule has 142 valence electrons. The lowest BCUT2D eigenvalue weighted by atomic mass is 10.2. The zero-order valence-corrected chi connectivity index (χ0v) is 15.5. The van der Waals surface area contributed by atoms with Gasteiger partial charge in [-0.15, -0.1) is 0 Å². The number of pyridine rings is 1. The average molecular weight is 418 g/mol. The number of nitrogens with zero attached hydrogens (tertiary/aromatic N) is 4. The summed E-state index contributed by atoms with van der Waals surface area (Å²) in [5.41, 5.74) is -0.510. The molecule has 0 saturated heterocycles. The molecule has 11 heteroatoms. The third-order valence-corrected chi connectivity index (χ3v) is 4.41. The van der Waals surface area contributed by atoms with Gasteiger partial charge in [-0.2, -0.15) is 23.0 Å². The second-order valence-electron chi connectivity index (χ2n) is 5.75. The highest BCUT2D eigenvalue weighted by Crippen LogP contribution is 2.37. The van der Waals surface area contributed by atoms with Crippen molar-refractivity contribution in [3.63, 3.8) is 0 Å². The molecule has 6 nitrogen and oxygen atoms in total. The Hall–Kier alpha value is -2.39. The van der Waals surface area contributed by atoms with Gasteiger partial charge in [-0.3, -0.25) is 4.79 Å². The first-order valence-electron chi connectivity index (χ1n) is 7.64. The van der Waals surface area contributed by atoms with Crippen molar-refractivity contribution < 1.29 is 13.2 Å². The molecule has 0 unspecified atom stereocenters. The Bertz CT molecular complexity index is 1120. The second kappa shape index (κ2) is 6.97. The van der Waals surface area contributed by atoms with Gasteiger partial charge in [-0.1, -0.05) is 34.9 Å². The second-order valence-corrected chi connectivity index (χ2v) is 6.51. The number of fused-ring (bicyclic) bond motifs is 1. The third-order valence-electron chi connectivity index (χ3n) is 3.84. The number of halogens is 5. The van der Waals surface area contributed by atoms with Crippen molar-refractivity contribution in [3.05, 3.63) is 55.8 Å². The summed E-state index contributed by atoms with van der Waals surface area (Å²) in [7, 11) is 0. The molecular weight excluding hydrogens is 406 g/mol. The van der Waals surface area contributed by atoms with Crippen molar-refractivity contribution in [2.75, 3.05) is 0 Å². The van der Waals surface area contributed by atoms with Crippen LogP contribution in [0.25, 0.3) is 16.9 Å². The van der Waals surface area contributed by atoms with E-state index in [0.717, 1.165) is 10.3 Å².